The molecule has 154 valence electrons. The molecule has 1 aromatic rings. The van der Waals surface area contributed by atoms with Crippen LogP contribution in [0.1, 0.15) is 39.7 Å². The van der Waals surface area contributed by atoms with Gasteiger partial charge in [-0.15, -0.1) is 0 Å². The number of ether oxygens (including phenoxy) is 2. The SMILES string of the molecule is C[C@H](NC(=O)OC(C)(C)C)C(=O)N1CC[C@H](O)[C@H]1C(=O)OCc1ccccc1. The first-order valence-corrected chi connectivity index (χ1v) is 9.27. The van der Waals surface area contributed by atoms with Crippen molar-refractivity contribution in [3.8, 4) is 0 Å². The smallest absolute Gasteiger partial charge is 0.408 e. The van der Waals surface area contributed by atoms with E-state index in [1.165, 1.54) is 11.8 Å². The number of rotatable bonds is 5. The highest BCUT2D eigenvalue weighted by Crippen LogP contribution is 2.21. The number of aliphatic hydroxyl groups excluding tert-OH is 1. The number of benzene rings is 1. The molecule has 1 aliphatic heterocycles. The fraction of sp³-hybridized carbons (Fsp3) is 0.550. The molecule has 0 unspecified atom stereocenters. The van der Waals surface area contributed by atoms with Crippen molar-refractivity contribution in [1.82, 2.24) is 10.2 Å². The average Bonchev–Trinajstić information content (AvgIpc) is 2.99. The van der Waals surface area contributed by atoms with Crippen LogP contribution in [0.25, 0.3) is 0 Å². The largest absolute Gasteiger partial charge is 0.459 e. The second-order valence-electron chi connectivity index (χ2n) is 7.79. The third-order valence-electron chi connectivity index (χ3n) is 4.22. The summed E-state index contributed by atoms with van der Waals surface area (Å²) in [5, 5.41) is 12.6. The van der Waals surface area contributed by atoms with Gasteiger partial charge in [-0.2, -0.15) is 0 Å². The molecule has 0 aliphatic carbocycles. The Hall–Kier alpha value is -2.61. The molecule has 2 N–H and O–H groups in total. The van der Waals surface area contributed by atoms with Gasteiger partial charge in [-0.1, -0.05) is 30.3 Å². The van der Waals surface area contributed by atoms with Crippen LogP contribution in [0.5, 0.6) is 0 Å². The van der Waals surface area contributed by atoms with Gasteiger partial charge in [0.15, 0.2) is 6.04 Å². The number of carbonyl (C=O) groups excluding carboxylic acids is 3. The monoisotopic (exact) mass is 392 g/mol. The number of nitrogens with zero attached hydrogens (tertiary/aromatic N) is 1. The molecule has 0 radical (unpaired) electrons. The summed E-state index contributed by atoms with van der Waals surface area (Å²) < 4.78 is 10.4. The van der Waals surface area contributed by atoms with Crippen molar-refractivity contribution < 1.29 is 29.0 Å². The van der Waals surface area contributed by atoms with Crippen LogP contribution in [0, 0.1) is 0 Å². The number of alkyl carbamates (subject to hydrolysis) is 1. The van der Waals surface area contributed by atoms with E-state index in [0.29, 0.717) is 0 Å². The number of likely N-dealkylation sites (tertiary alicyclic amines) is 1. The summed E-state index contributed by atoms with van der Waals surface area (Å²) in [4.78, 5) is 38.3. The van der Waals surface area contributed by atoms with Crippen molar-refractivity contribution in [1.29, 1.82) is 0 Å². The van der Waals surface area contributed by atoms with Crippen molar-refractivity contribution in [3.63, 3.8) is 0 Å². The Morgan fingerprint density at radius 3 is 2.50 bits per heavy atom. The van der Waals surface area contributed by atoms with Crippen LogP contribution in [0.4, 0.5) is 4.79 Å². The Labute approximate surface area is 164 Å². The van der Waals surface area contributed by atoms with Crippen LogP contribution in [-0.4, -0.2) is 58.3 Å². The minimum absolute atomic E-state index is 0.0522. The number of carbonyl (C=O) groups is 3. The molecule has 1 aliphatic rings. The summed E-state index contributed by atoms with van der Waals surface area (Å²) in [7, 11) is 0. The van der Waals surface area contributed by atoms with Crippen molar-refractivity contribution >= 4 is 18.0 Å². The summed E-state index contributed by atoms with van der Waals surface area (Å²) in [6, 6.07) is 7.12. The molecular weight excluding hydrogens is 364 g/mol. The molecule has 1 heterocycles. The number of hydrogen-bond donors (Lipinski definition) is 2. The summed E-state index contributed by atoms with van der Waals surface area (Å²) in [5.74, 6) is -1.16. The Morgan fingerprint density at radius 2 is 1.89 bits per heavy atom. The molecule has 0 saturated carbocycles. The lowest BCUT2D eigenvalue weighted by Gasteiger charge is -2.28. The zero-order chi connectivity index (χ0) is 20.9. The van der Waals surface area contributed by atoms with E-state index in [-0.39, 0.29) is 19.6 Å². The minimum Gasteiger partial charge on any atom is -0.459 e. The summed E-state index contributed by atoms with van der Waals surface area (Å²) >= 11 is 0. The van der Waals surface area contributed by atoms with Gasteiger partial charge >= 0.3 is 12.1 Å². The van der Waals surface area contributed by atoms with Crippen LogP contribution >= 0.6 is 0 Å². The summed E-state index contributed by atoms with van der Waals surface area (Å²) in [6.07, 6.45) is -1.48. The van der Waals surface area contributed by atoms with Gasteiger partial charge < -0.3 is 24.8 Å². The Kier molecular flexibility index (Phi) is 7.01. The highest BCUT2D eigenvalue weighted by atomic mass is 16.6. The Morgan fingerprint density at radius 1 is 1.25 bits per heavy atom. The van der Waals surface area contributed by atoms with Gasteiger partial charge in [-0.05, 0) is 39.7 Å². The van der Waals surface area contributed by atoms with E-state index in [9.17, 15) is 19.5 Å². The number of amides is 2. The van der Waals surface area contributed by atoms with E-state index in [0.717, 1.165) is 5.56 Å². The molecule has 0 aromatic heterocycles. The van der Waals surface area contributed by atoms with Gasteiger partial charge in [0, 0.05) is 6.54 Å². The van der Waals surface area contributed by atoms with Crippen LogP contribution in [0.2, 0.25) is 0 Å². The van der Waals surface area contributed by atoms with Crippen molar-refractivity contribution in [2.24, 2.45) is 0 Å². The first-order chi connectivity index (χ1) is 13.1. The predicted molar refractivity (Wildman–Crippen MR) is 101 cm³/mol. The van der Waals surface area contributed by atoms with E-state index >= 15 is 0 Å². The van der Waals surface area contributed by atoms with Gasteiger partial charge in [0.05, 0.1) is 6.10 Å². The van der Waals surface area contributed by atoms with Gasteiger partial charge in [0.1, 0.15) is 18.2 Å². The maximum absolute atomic E-state index is 12.7. The average molecular weight is 392 g/mol. The summed E-state index contributed by atoms with van der Waals surface area (Å²) in [5.41, 5.74) is 0.113. The zero-order valence-corrected chi connectivity index (χ0v) is 16.7. The second kappa shape index (κ2) is 9.05. The van der Waals surface area contributed by atoms with Crippen LogP contribution in [-0.2, 0) is 25.7 Å². The topological polar surface area (TPSA) is 105 Å². The fourth-order valence-corrected chi connectivity index (χ4v) is 2.92. The van der Waals surface area contributed by atoms with Crippen molar-refractivity contribution in [3.05, 3.63) is 35.9 Å². The molecule has 0 bridgehead atoms. The molecular formula is C20H28N2O6. The molecule has 1 aromatic carbocycles. The van der Waals surface area contributed by atoms with E-state index in [1.54, 1.807) is 20.8 Å². The maximum atomic E-state index is 12.7. The predicted octanol–water partition coefficient (Wildman–Crippen LogP) is 1.60. The molecule has 0 spiro atoms. The van der Waals surface area contributed by atoms with Crippen LogP contribution in [0.3, 0.4) is 0 Å². The molecule has 3 atom stereocenters. The minimum atomic E-state index is -1.10. The van der Waals surface area contributed by atoms with Gasteiger partial charge in [-0.25, -0.2) is 9.59 Å². The zero-order valence-electron chi connectivity index (χ0n) is 16.7. The standard InChI is InChI=1S/C20H28N2O6/c1-13(21-19(26)28-20(2,3)4)17(24)22-11-10-15(23)16(22)18(25)27-12-14-8-6-5-7-9-14/h5-9,13,15-16,23H,10-12H2,1-4H3,(H,21,26)/t13-,15-,16-/m0/s1. The van der Waals surface area contributed by atoms with E-state index in [1.807, 2.05) is 30.3 Å². The number of hydrogen-bond acceptors (Lipinski definition) is 6. The first kappa shape index (κ1) is 21.7. The van der Waals surface area contributed by atoms with Crippen LogP contribution < -0.4 is 5.32 Å². The van der Waals surface area contributed by atoms with E-state index in [4.69, 9.17) is 9.47 Å². The molecule has 28 heavy (non-hydrogen) atoms. The lowest BCUT2D eigenvalue weighted by molar-refractivity contribution is -0.157. The maximum Gasteiger partial charge on any atom is 0.408 e. The highest BCUT2D eigenvalue weighted by Gasteiger charge is 2.43. The van der Waals surface area contributed by atoms with Crippen LogP contribution in [0.15, 0.2) is 30.3 Å². The molecule has 2 rings (SSSR count). The Balaban J connectivity index is 1.97. The number of nitrogens with one attached hydrogen (secondary N) is 1. The van der Waals surface area contributed by atoms with E-state index < -0.39 is 41.8 Å². The lowest BCUT2D eigenvalue weighted by Crippen LogP contribution is -2.53. The third kappa shape index (κ3) is 5.95. The number of esters is 1. The van der Waals surface area contributed by atoms with Gasteiger partial charge in [0.25, 0.3) is 0 Å². The third-order valence-corrected chi connectivity index (χ3v) is 4.22. The summed E-state index contributed by atoms with van der Waals surface area (Å²) in [6.45, 7) is 6.91. The Bertz CT molecular complexity index is 700. The fourth-order valence-electron chi connectivity index (χ4n) is 2.92. The number of aliphatic hydroxyl groups is 1. The molecule has 2 amide bonds. The van der Waals surface area contributed by atoms with Crippen molar-refractivity contribution in [2.75, 3.05) is 6.54 Å². The molecule has 8 heteroatoms. The first-order valence-electron chi connectivity index (χ1n) is 9.27. The normalized spacial score (nSPS) is 20.4. The van der Waals surface area contributed by atoms with E-state index in [2.05, 4.69) is 5.32 Å². The molecule has 1 saturated heterocycles. The second-order valence-corrected chi connectivity index (χ2v) is 7.79. The lowest BCUT2D eigenvalue weighted by atomic mass is 10.1. The quantitative estimate of drug-likeness (QED) is 0.738. The van der Waals surface area contributed by atoms with Crippen molar-refractivity contribution in [2.45, 2.75) is 64.5 Å². The van der Waals surface area contributed by atoms with Gasteiger partial charge in [-0.3, -0.25) is 4.79 Å². The van der Waals surface area contributed by atoms with Gasteiger partial charge in [0.2, 0.25) is 5.91 Å². The highest BCUT2D eigenvalue weighted by molar-refractivity contribution is 5.90. The molecule has 8 nitrogen and oxygen atoms in total. The molecule has 1 fully saturated rings.